The van der Waals surface area contributed by atoms with Gasteiger partial charge in [-0.25, -0.2) is 4.39 Å². The lowest BCUT2D eigenvalue weighted by Crippen LogP contribution is -2.40. The van der Waals surface area contributed by atoms with Crippen LogP contribution in [0.5, 0.6) is 0 Å². The first-order valence-corrected chi connectivity index (χ1v) is 12.3. The van der Waals surface area contributed by atoms with Gasteiger partial charge in [-0.3, -0.25) is 14.8 Å². The van der Waals surface area contributed by atoms with Crippen LogP contribution in [0.25, 0.3) is 0 Å². The van der Waals surface area contributed by atoms with Crippen LogP contribution >= 0.6 is 22.6 Å². The Kier molecular flexibility index (Phi) is 7.80. The van der Waals surface area contributed by atoms with E-state index in [1.165, 1.54) is 17.2 Å². The summed E-state index contributed by atoms with van der Waals surface area (Å²) in [6.45, 7) is 6.07. The van der Waals surface area contributed by atoms with E-state index in [1.54, 1.807) is 6.07 Å². The number of rotatable bonds is 7. The molecule has 170 valence electrons. The molecule has 0 saturated carbocycles. The van der Waals surface area contributed by atoms with Gasteiger partial charge in [-0.2, -0.15) is 0 Å². The molecule has 2 aliphatic heterocycles. The molecule has 4 rings (SSSR count). The molecule has 2 heterocycles. The Morgan fingerprint density at radius 3 is 2.84 bits per heavy atom. The second kappa shape index (κ2) is 10.8. The van der Waals surface area contributed by atoms with Crippen LogP contribution in [0.1, 0.15) is 36.1 Å². The summed E-state index contributed by atoms with van der Waals surface area (Å²) in [6, 6.07) is 14.0. The molecule has 0 spiro atoms. The molecule has 2 aromatic carbocycles. The molecule has 7 heteroatoms. The SMILES string of the molecule is CCC1N(C)CCN1Cc1cccc(C2C=CNC(=NCCc3cc(F)cc(I)c3)N2)c1. The summed E-state index contributed by atoms with van der Waals surface area (Å²) >= 11 is 2.14. The Balaban J connectivity index is 1.38. The molecule has 0 aromatic heterocycles. The molecule has 2 unspecified atom stereocenters. The highest BCUT2D eigenvalue weighted by Gasteiger charge is 2.27. The van der Waals surface area contributed by atoms with Gasteiger partial charge >= 0.3 is 0 Å². The minimum atomic E-state index is -0.192. The predicted octanol–water partition coefficient (Wildman–Crippen LogP) is 4.26. The zero-order valence-electron chi connectivity index (χ0n) is 18.7. The molecule has 2 N–H and O–H groups in total. The lowest BCUT2D eigenvalue weighted by Gasteiger charge is -2.27. The summed E-state index contributed by atoms with van der Waals surface area (Å²) in [5.74, 6) is 0.559. The topological polar surface area (TPSA) is 42.9 Å². The Morgan fingerprint density at radius 2 is 2.03 bits per heavy atom. The fraction of sp³-hybridized carbons (Fsp3) is 0.400. The van der Waals surface area contributed by atoms with Crippen molar-refractivity contribution in [2.75, 3.05) is 26.7 Å². The first-order valence-electron chi connectivity index (χ1n) is 11.2. The van der Waals surface area contributed by atoms with Crippen molar-refractivity contribution < 1.29 is 4.39 Å². The number of benzene rings is 2. The van der Waals surface area contributed by atoms with Crippen LogP contribution in [0.15, 0.2) is 59.7 Å². The number of nitrogens with one attached hydrogen (secondary N) is 2. The summed E-state index contributed by atoms with van der Waals surface area (Å²) in [5, 5.41) is 6.67. The van der Waals surface area contributed by atoms with Crippen LogP contribution in [0, 0.1) is 9.39 Å². The van der Waals surface area contributed by atoms with E-state index in [0.29, 0.717) is 19.1 Å². The molecular formula is C25H31FIN5. The fourth-order valence-electron chi connectivity index (χ4n) is 4.53. The van der Waals surface area contributed by atoms with Gasteiger partial charge in [-0.15, -0.1) is 0 Å². The Hall–Kier alpha value is -1.97. The van der Waals surface area contributed by atoms with E-state index >= 15 is 0 Å². The minimum absolute atomic E-state index is 0.0771. The highest BCUT2D eigenvalue weighted by molar-refractivity contribution is 14.1. The van der Waals surface area contributed by atoms with Crippen molar-refractivity contribution in [3.05, 3.63) is 80.8 Å². The lowest BCUT2D eigenvalue weighted by atomic mass is 10.0. The average Bonchev–Trinajstić information content (AvgIpc) is 3.12. The molecule has 0 amide bonds. The smallest absolute Gasteiger partial charge is 0.196 e. The predicted molar refractivity (Wildman–Crippen MR) is 137 cm³/mol. The molecule has 2 aliphatic rings. The minimum Gasteiger partial charge on any atom is -0.346 e. The van der Waals surface area contributed by atoms with Gasteiger partial charge in [0, 0.05) is 35.9 Å². The summed E-state index contributed by atoms with van der Waals surface area (Å²) in [5.41, 5.74) is 3.53. The molecule has 2 aromatic rings. The van der Waals surface area contributed by atoms with Crippen LogP contribution in [-0.2, 0) is 13.0 Å². The summed E-state index contributed by atoms with van der Waals surface area (Å²) in [7, 11) is 2.21. The zero-order chi connectivity index (χ0) is 22.5. The number of nitrogens with zero attached hydrogens (tertiary/aromatic N) is 3. The lowest BCUT2D eigenvalue weighted by molar-refractivity contribution is 0.148. The Morgan fingerprint density at radius 1 is 1.16 bits per heavy atom. The van der Waals surface area contributed by atoms with E-state index in [-0.39, 0.29) is 11.9 Å². The van der Waals surface area contributed by atoms with E-state index in [9.17, 15) is 4.39 Å². The van der Waals surface area contributed by atoms with Crippen LogP contribution < -0.4 is 10.6 Å². The fourth-order valence-corrected chi connectivity index (χ4v) is 5.23. The highest BCUT2D eigenvalue weighted by atomic mass is 127. The molecule has 0 bridgehead atoms. The van der Waals surface area contributed by atoms with Gasteiger partial charge in [0.25, 0.3) is 0 Å². The van der Waals surface area contributed by atoms with Crippen molar-refractivity contribution in [1.82, 2.24) is 20.4 Å². The van der Waals surface area contributed by atoms with Crippen molar-refractivity contribution in [3.8, 4) is 0 Å². The second-order valence-corrected chi connectivity index (χ2v) is 9.71. The number of aliphatic imine (C=N–C) groups is 1. The molecule has 5 nitrogen and oxygen atoms in total. The largest absolute Gasteiger partial charge is 0.346 e. The van der Waals surface area contributed by atoms with Crippen molar-refractivity contribution in [2.45, 2.75) is 38.5 Å². The van der Waals surface area contributed by atoms with Gasteiger partial charge in [0.05, 0.1) is 12.2 Å². The van der Waals surface area contributed by atoms with Gasteiger partial charge in [0.2, 0.25) is 0 Å². The van der Waals surface area contributed by atoms with Gasteiger partial charge < -0.3 is 10.6 Å². The van der Waals surface area contributed by atoms with E-state index in [0.717, 1.165) is 41.1 Å². The van der Waals surface area contributed by atoms with E-state index in [4.69, 9.17) is 0 Å². The molecule has 32 heavy (non-hydrogen) atoms. The van der Waals surface area contributed by atoms with E-state index in [2.05, 4.69) is 92.3 Å². The van der Waals surface area contributed by atoms with Crippen molar-refractivity contribution in [1.29, 1.82) is 0 Å². The second-order valence-electron chi connectivity index (χ2n) is 8.47. The van der Waals surface area contributed by atoms with Crippen LogP contribution in [0.4, 0.5) is 4.39 Å². The number of hydrogen-bond acceptors (Lipinski definition) is 3. The molecule has 2 atom stereocenters. The normalized spacial score (nSPS) is 22.8. The van der Waals surface area contributed by atoms with E-state index in [1.807, 2.05) is 12.3 Å². The van der Waals surface area contributed by atoms with Crippen molar-refractivity contribution >= 4 is 28.6 Å². The maximum atomic E-state index is 13.6. The summed E-state index contributed by atoms with van der Waals surface area (Å²) < 4.78 is 14.5. The monoisotopic (exact) mass is 547 g/mol. The van der Waals surface area contributed by atoms with Gasteiger partial charge in [-0.05, 0) is 83.4 Å². The maximum Gasteiger partial charge on any atom is 0.196 e. The first-order chi connectivity index (χ1) is 15.5. The number of hydrogen-bond donors (Lipinski definition) is 2. The molecule has 0 aliphatic carbocycles. The number of halogens is 2. The third-order valence-electron chi connectivity index (χ3n) is 6.12. The van der Waals surface area contributed by atoms with Crippen LogP contribution in [0.2, 0.25) is 0 Å². The van der Waals surface area contributed by atoms with Gasteiger partial charge in [0.1, 0.15) is 5.82 Å². The van der Waals surface area contributed by atoms with Gasteiger partial charge in [-0.1, -0.05) is 31.2 Å². The Bertz CT molecular complexity index is 972. The zero-order valence-corrected chi connectivity index (χ0v) is 20.8. The summed E-state index contributed by atoms with van der Waals surface area (Å²) in [6.07, 6.45) is 6.43. The molecule has 1 saturated heterocycles. The third kappa shape index (κ3) is 5.88. The third-order valence-corrected chi connectivity index (χ3v) is 6.75. The van der Waals surface area contributed by atoms with E-state index < -0.39 is 0 Å². The molecule has 0 radical (unpaired) electrons. The highest BCUT2D eigenvalue weighted by Crippen LogP contribution is 2.22. The van der Waals surface area contributed by atoms with Crippen molar-refractivity contribution in [3.63, 3.8) is 0 Å². The Labute approximate surface area is 203 Å². The summed E-state index contributed by atoms with van der Waals surface area (Å²) in [4.78, 5) is 9.65. The average molecular weight is 547 g/mol. The molecular weight excluding hydrogens is 516 g/mol. The van der Waals surface area contributed by atoms with Gasteiger partial charge in [0.15, 0.2) is 5.96 Å². The number of guanidine groups is 1. The molecule has 1 fully saturated rings. The quantitative estimate of drug-likeness (QED) is 0.509. The maximum absolute atomic E-state index is 13.6. The van der Waals surface area contributed by atoms with Crippen LogP contribution in [0.3, 0.4) is 0 Å². The number of likely N-dealkylation sites (N-methyl/N-ethyl adjacent to an activating group) is 1. The van der Waals surface area contributed by atoms with Crippen molar-refractivity contribution in [2.24, 2.45) is 4.99 Å². The standard InChI is InChI=1S/C25H31FIN5/c1-3-24-31(2)11-12-32(24)17-19-5-4-6-20(13-19)23-8-10-29-25(30-23)28-9-7-18-14-21(26)16-22(27)15-18/h4-6,8,10,13-16,23-24H,3,7,9,11-12,17H2,1-2H3,(H2,28,29,30). The van der Waals surface area contributed by atoms with Crippen LogP contribution in [-0.4, -0.2) is 48.6 Å². The first kappa shape index (κ1) is 23.2.